The van der Waals surface area contributed by atoms with Crippen molar-refractivity contribution in [2.75, 3.05) is 13.3 Å². The number of aryl methyl sites for hydroxylation is 1. The Bertz CT molecular complexity index is 778. The lowest BCUT2D eigenvalue weighted by Gasteiger charge is -2.17. The van der Waals surface area contributed by atoms with Gasteiger partial charge in [0.1, 0.15) is 0 Å². The van der Waals surface area contributed by atoms with Crippen LogP contribution in [0.25, 0.3) is 0 Å². The number of nitrogens with zero attached hydrogens (tertiary/aromatic N) is 1. The van der Waals surface area contributed by atoms with Gasteiger partial charge in [0.25, 0.3) is 5.91 Å². The van der Waals surface area contributed by atoms with Crippen LogP contribution in [0.2, 0.25) is 0 Å². The molecule has 2 rings (SSSR count). The molecule has 0 bridgehead atoms. The molecular formula is C16H19NO3S2. The molecule has 2 aromatic rings. The molecule has 0 atom stereocenters. The second-order valence-corrected chi connectivity index (χ2v) is 8.60. The fourth-order valence-electron chi connectivity index (χ4n) is 2.17. The average molecular weight is 337 g/mol. The van der Waals surface area contributed by atoms with E-state index in [0.29, 0.717) is 17.7 Å². The minimum Gasteiger partial charge on any atom is -0.337 e. The molecule has 22 heavy (non-hydrogen) atoms. The Morgan fingerprint density at radius 1 is 1.27 bits per heavy atom. The van der Waals surface area contributed by atoms with E-state index in [0.717, 1.165) is 4.88 Å². The Labute approximate surface area is 135 Å². The van der Waals surface area contributed by atoms with E-state index in [1.165, 1.54) is 11.8 Å². The topological polar surface area (TPSA) is 54.5 Å². The number of hydrogen-bond donors (Lipinski definition) is 0. The second kappa shape index (κ2) is 6.62. The Kier molecular flexibility index (Phi) is 5.03. The first-order chi connectivity index (χ1) is 10.3. The van der Waals surface area contributed by atoms with Gasteiger partial charge in [-0.3, -0.25) is 4.79 Å². The van der Waals surface area contributed by atoms with Crippen molar-refractivity contribution in [3.05, 3.63) is 57.3 Å². The molecular weight excluding hydrogens is 318 g/mol. The summed E-state index contributed by atoms with van der Waals surface area (Å²) in [6.07, 6.45) is 1.19. The molecule has 0 aliphatic rings. The number of carbonyl (C=O) groups excluding carboxylic acids is 1. The van der Waals surface area contributed by atoms with Gasteiger partial charge >= 0.3 is 0 Å². The zero-order valence-corrected chi connectivity index (χ0v) is 14.5. The van der Waals surface area contributed by atoms with Gasteiger partial charge in [0.05, 0.1) is 12.3 Å². The molecule has 0 unspecified atom stereocenters. The fraction of sp³-hybridized carbons (Fsp3) is 0.312. The van der Waals surface area contributed by atoms with Crippen LogP contribution in [-0.4, -0.2) is 32.5 Å². The van der Waals surface area contributed by atoms with Crippen molar-refractivity contribution in [2.45, 2.75) is 19.2 Å². The molecule has 0 aliphatic carbocycles. The van der Waals surface area contributed by atoms with E-state index in [1.54, 1.807) is 47.5 Å². The third-order valence-corrected chi connectivity index (χ3v) is 5.16. The summed E-state index contributed by atoms with van der Waals surface area (Å²) >= 11 is 1.63. The molecule has 1 aromatic carbocycles. The van der Waals surface area contributed by atoms with Gasteiger partial charge in [-0.15, -0.1) is 11.3 Å². The molecule has 6 heteroatoms. The van der Waals surface area contributed by atoms with Crippen LogP contribution in [0, 0.1) is 6.92 Å². The van der Waals surface area contributed by atoms with Crippen LogP contribution in [0.3, 0.4) is 0 Å². The molecule has 0 radical (unpaired) electrons. The standard InChI is InChI=1S/C16H19NO3S2/c1-12-7-8-21-15(12)10-17(2)16(18)14-6-4-5-13(9-14)11-22(3,19)20/h4-9H,10-11H2,1-3H3. The van der Waals surface area contributed by atoms with Crippen LogP contribution >= 0.6 is 11.3 Å². The molecule has 118 valence electrons. The third kappa shape index (κ3) is 4.42. The molecule has 0 aliphatic heterocycles. The highest BCUT2D eigenvalue weighted by atomic mass is 32.2. The number of carbonyl (C=O) groups is 1. The monoisotopic (exact) mass is 337 g/mol. The van der Waals surface area contributed by atoms with Crippen molar-refractivity contribution in [2.24, 2.45) is 0 Å². The Morgan fingerprint density at radius 2 is 2.00 bits per heavy atom. The van der Waals surface area contributed by atoms with Crippen molar-refractivity contribution in [3.63, 3.8) is 0 Å². The summed E-state index contributed by atoms with van der Waals surface area (Å²) in [7, 11) is -1.36. The van der Waals surface area contributed by atoms with E-state index >= 15 is 0 Å². The maximum atomic E-state index is 12.5. The Morgan fingerprint density at radius 3 is 2.59 bits per heavy atom. The normalized spacial score (nSPS) is 11.4. The van der Waals surface area contributed by atoms with E-state index in [1.807, 2.05) is 18.4 Å². The van der Waals surface area contributed by atoms with Crippen molar-refractivity contribution in [3.8, 4) is 0 Å². The Hall–Kier alpha value is -1.66. The summed E-state index contributed by atoms with van der Waals surface area (Å²) in [6, 6.07) is 8.84. The van der Waals surface area contributed by atoms with Gasteiger partial charge in [0.2, 0.25) is 0 Å². The lowest BCUT2D eigenvalue weighted by Crippen LogP contribution is -2.26. The summed E-state index contributed by atoms with van der Waals surface area (Å²) in [4.78, 5) is 15.3. The summed E-state index contributed by atoms with van der Waals surface area (Å²) in [6.45, 7) is 2.58. The minimum absolute atomic E-state index is 0.0537. The molecule has 4 nitrogen and oxygen atoms in total. The van der Waals surface area contributed by atoms with Gasteiger partial charge in [0.15, 0.2) is 9.84 Å². The number of benzene rings is 1. The summed E-state index contributed by atoms with van der Waals surface area (Å²) in [5, 5.41) is 2.01. The van der Waals surface area contributed by atoms with Crippen LogP contribution < -0.4 is 0 Å². The van der Waals surface area contributed by atoms with E-state index in [-0.39, 0.29) is 11.7 Å². The lowest BCUT2D eigenvalue weighted by atomic mass is 10.1. The first-order valence-electron chi connectivity index (χ1n) is 6.81. The fourth-order valence-corrected chi connectivity index (χ4v) is 3.91. The predicted octanol–water partition coefficient (Wildman–Crippen LogP) is 2.87. The number of rotatable bonds is 5. The van der Waals surface area contributed by atoms with Crippen molar-refractivity contribution >= 4 is 27.1 Å². The van der Waals surface area contributed by atoms with Crippen LogP contribution in [0.5, 0.6) is 0 Å². The van der Waals surface area contributed by atoms with Crippen molar-refractivity contribution in [1.82, 2.24) is 4.90 Å². The van der Waals surface area contributed by atoms with Crippen molar-refractivity contribution in [1.29, 1.82) is 0 Å². The molecule has 1 aromatic heterocycles. The number of amides is 1. The van der Waals surface area contributed by atoms with E-state index < -0.39 is 9.84 Å². The predicted molar refractivity (Wildman–Crippen MR) is 89.8 cm³/mol. The summed E-state index contributed by atoms with van der Waals surface area (Å²) in [5.74, 6) is -0.162. The SMILES string of the molecule is Cc1ccsc1CN(C)C(=O)c1cccc(CS(C)(=O)=O)c1. The molecule has 0 fully saturated rings. The molecule has 1 heterocycles. The average Bonchev–Trinajstić information content (AvgIpc) is 2.82. The zero-order chi connectivity index (χ0) is 16.3. The summed E-state index contributed by atoms with van der Waals surface area (Å²) in [5.41, 5.74) is 2.32. The van der Waals surface area contributed by atoms with Crippen LogP contribution in [-0.2, 0) is 22.1 Å². The van der Waals surface area contributed by atoms with Gasteiger partial charge in [-0.1, -0.05) is 12.1 Å². The first kappa shape index (κ1) is 16.7. The highest BCUT2D eigenvalue weighted by Gasteiger charge is 2.15. The van der Waals surface area contributed by atoms with E-state index in [9.17, 15) is 13.2 Å². The summed E-state index contributed by atoms with van der Waals surface area (Å²) < 4.78 is 22.7. The highest BCUT2D eigenvalue weighted by Crippen LogP contribution is 2.18. The number of hydrogen-bond acceptors (Lipinski definition) is 4. The maximum Gasteiger partial charge on any atom is 0.253 e. The molecule has 0 saturated heterocycles. The lowest BCUT2D eigenvalue weighted by molar-refractivity contribution is 0.0786. The largest absolute Gasteiger partial charge is 0.337 e. The van der Waals surface area contributed by atoms with E-state index in [4.69, 9.17) is 0 Å². The van der Waals surface area contributed by atoms with Crippen LogP contribution in [0.15, 0.2) is 35.7 Å². The second-order valence-electron chi connectivity index (χ2n) is 5.46. The quantitative estimate of drug-likeness (QED) is 0.843. The minimum atomic E-state index is -3.11. The molecule has 0 spiro atoms. The Balaban J connectivity index is 2.15. The van der Waals surface area contributed by atoms with Gasteiger partial charge in [-0.2, -0.15) is 0 Å². The van der Waals surface area contributed by atoms with Crippen LogP contribution in [0.1, 0.15) is 26.4 Å². The maximum absolute atomic E-state index is 12.5. The highest BCUT2D eigenvalue weighted by molar-refractivity contribution is 7.89. The number of thiophene rings is 1. The van der Waals surface area contributed by atoms with Gasteiger partial charge in [0, 0.05) is 23.7 Å². The third-order valence-electron chi connectivity index (χ3n) is 3.30. The number of sulfone groups is 1. The zero-order valence-electron chi connectivity index (χ0n) is 12.9. The van der Waals surface area contributed by atoms with Crippen molar-refractivity contribution < 1.29 is 13.2 Å². The molecule has 0 N–H and O–H groups in total. The molecule has 1 amide bonds. The van der Waals surface area contributed by atoms with Crippen LogP contribution in [0.4, 0.5) is 0 Å². The van der Waals surface area contributed by atoms with Gasteiger partial charge in [-0.05, 0) is 41.6 Å². The van der Waals surface area contributed by atoms with Gasteiger partial charge < -0.3 is 4.90 Å². The van der Waals surface area contributed by atoms with Gasteiger partial charge in [-0.25, -0.2) is 8.42 Å². The van der Waals surface area contributed by atoms with E-state index in [2.05, 4.69) is 0 Å². The molecule has 0 saturated carbocycles. The smallest absolute Gasteiger partial charge is 0.253 e. The first-order valence-corrected chi connectivity index (χ1v) is 9.75.